The van der Waals surface area contributed by atoms with Gasteiger partial charge in [-0.2, -0.15) is 0 Å². The fraction of sp³-hybridized carbons (Fsp3) is 0.214. The number of rotatable bonds is 7. The molecule has 1 fully saturated rings. The van der Waals surface area contributed by atoms with Crippen LogP contribution in [0.25, 0.3) is 6.08 Å². The molecular weight excluding hydrogens is 651 g/mol. The first-order valence-corrected chi connectivity index (χ1v) is 14.1. The predicted octanol–water partition coefficient (Wildman–Crippen LogP) is 7.88. The van der Waals surface area contributed by atoms with E-state index in [4.69, 9.17) is 14.5 Å². The van der Waals surface area contributed by atoms with Crippen LogP contribution in [-0.2, 0) is 11.4 Å². The molecule has 0 saturated carbocycles. The molecule has 5 nitrogen and oxygen atoms in total. The van der Waals surface area contributed by atoms with E-state index < -0.39 is 0 Å². The molecule has 8 heteroatoms. The van der Waals surface area contributed by atoms with Gasteiger partial charge in [0.05, 0.1) is 21.3 Å². The fourth-order valence-corrected chi connectivity index (χ4v) is 5.89. The Morgan fingerprint density at radius 3 is 2.44 bits per heavy atom. The van der Waals surface area contributed by atoms with Gasteiger partial charge in [0, 0.05) is 11.0 Å². The first kappa shape index (κ1) is 26.8. The number of para-hydroxylation sites is 1. The number of hydrogen-bond donors (Lipinski definition) is 0. The lowest BCUT2D eigenvalue weighted by atomic mass is 10.1. The largest absolute Gasteiger partial charge is 0.493 e. The van der Waals surface area contributed by atoms with Crippen molar-refractivity contribution in [3.8, 4) is 11.5 Å². The molecule has 3 aromatic carbocycles. The molecule has 3 aromatic rings. The summed E-state index contributed by atoms with van der Waals surface area (Å²) in [6, 6.07) is 18.0. The van der Waals surface area contributed by atoms with Gasteiger partial charge in [0.15, 0.2) is 16.7 Å². The van der Waals surface area contributed by atoms with Crippen LogP contribution in [0.15, 0.2) is 69.0 Å². The summed E-state index contributed by atoms with van der Waals surface area (Å²) in [4.78, 5) is 20.4. The lowest BCUT2D eigenvalue weighted by Gasteiger charge is -2.14. The van der Waals surface area contributed by atoms with Gasteiger partial charge in [-0.15, -0.1) is 0 Å². The summed E-state index contributed by atoms with van der Waals surface area (Å²) >= 11 is 7.10. The third kappa shape index (κ3) is 5.98. The van der Waals surface area contributed by atoms with Crippen molar-refractivity contribution in [2.24, 2.45) is 4.99 Å². The highest BCUT2D eigenvalue weighted by molar-refractivity contribution is 14.1. The molecule has 4 rings (SSSR count). The summed E-state index contributed by atoms with van der Waals surface area (Å²) in [5.41, 5.74) is 5.01. The third-order valence-electron chi connectivity index (χ3n) is 5.70. The molecule has 0 unspecified atom stereocenters. The summed E-state index contributed by atoms with van der Waals surface area (Å²) in [6.07, 6.45) is 1.89. The Morgan fingerprint density at radius 2 is 1.81 bits per heavy atom. The second kappa shape index (κ2) is 11.8. The number of hydrogen-bond acceptors (Lipinski definition) is 5. The van der Waals surface area contributed by atoms with Crippen molar-refractivity contribution in [2.45, 2.75) is 27.4 Å². The first-order valence-electron chi connectivity index (χ1n) is 11.4. The minimum atomic E-state index is -0.0444. The van der Waals surface area contributed by atoms with Gasteiger partial charge in [-0.25, -0.2) is 4.99 Å². The average molecular weight is 677 g/mol. The first-order chi connectivity index (χ1) is 17.3. The Balaban J connectivity index is 1.61. The molecule has 0 bridgehead atoms. The van der Waals surface area contributed by atoms with E-state index in [0.717, 1.165) is 36.0 Å². The highest BCUT2D eigenvalue weighted by Gasteiger charge is 2.32. The number of amides is 1. The quantitative estimate of drug-likeness (QED) is 0.189. The summed E-state index contributed by atoms with van der Waals surface area (Å²) in [5.74, 6) is 1.26. The monoisotopic (exact) mass is 676 g/mol. The fourth-order valence-electron chi connectivity index (χ4n) is 3.80. The SMILES string of the molecule is CCN1C(=O)/C(=C\c2cc(I)c(OCc3ccc(Br)cc3)c(OC)c2)SC1=Nc1c(C)cccc1C. The number of carbonyl (C=O) groups excluding carboxylic acids is 1. The van der Waals surface area contributed by atoms with Crippen molar-refractivity contribution in [3.63, 3.8) is 0 Å². The Bertz CT molecular complexity index is 1340. The topological polar surface area (TPSA) is 51.1 Å². The van der Waals surface area contributed by atoms with Gasteiger partial charge in [-0.3, -0.25) is 9.69 Å². The van der Waals surface area contributed by atoms with E-state index in [9.17, 15) is 4.79 Å². The normalized spacial score (nSPS) is 15.7. The Kier molecular flexibility index (Phi) is 8.79. The summed E-state index contributed by atoms with van der Waals surface area (Å²) in [6.45, 7) is 7.02. The van der Waals surface area contributed by atoms with Crippen LogP contribution >= 0.6 is 50.3 Å². The minimum Gasteiger partial charge on any atom is -0.493 e. The minimum absolute atomic E-state index is 0.0444. The number of aliphatic imine (C=N–C) groups is 1. The lowest BCUT2D eigenvalue weighted by molar-refractivity contribution is -0.122. The number of nitrogens with zero attached hydrogens (tertiary/aromatic N) is 2. The van der Waals surface area contributed by atoms with E-state index in [1.807, 2.05) is 81.4 Å². The molecule has 0 spiro atoms. The van der Waals surface area contributed by atoms with Gasteiger partial charge in [0.25, 0.3) is 5.91 Å². The van der Waals surface area contributed by atoms with Crippen molar-refractivity contribution in [3.05, 3.63) is 89.8 Å². The number of carbonyl (C=O) groups is 1. The van der Waals surface area contributed by atoms with Gasteiger partial charge in [-0.1, -0.05) is 46.3 Å². The van der Waals surface area contributed by atoms with Crippen LogP contribution < -0.4 is 9.47 Å². The Morgan fingerprint density at radius 1 is 1.11 bits per heavy atom. The number of ether oxygens (including phenoxy) is 2. The van der Waals surface area contributed by atoms with E-state index in [-0.39, 0.29) is 5.91 Å². The zero-order valence-corrected chi connectivity index (χ0v) is 25.0. The van der Waals surface area contributed by atoms with Gasteiger partial charge in [0.1, 0.15) is 6.61 Å². The molecule has 0 radical (unpaired) electrons. The van der Waals surface area contributed by atoms with Crippen LogP contribution in [0, 0.1) is 17.4 Å². The van der Waals surface area contributed by atoms with E-state index in [0.29, 0.717) is 34.7 Å². The number of halogens is 2. The molecule has 1 amide bonds. The number of likely N-dealkylation sites (N-methyl/N-ethyl adjacent to an activating group) is 1. The smallest absolute Gasteiger partial charge is 0.266 e. The van der Waals surface area contributed by atoms with E-state index in [1.54, 1.807) is 12.0 Å². The molecule has 0 atom stereocenters. The zero-order chi connectivity index (χ0) is 25.8. The molecule has 186 valence electrons. The average Bonchev–Trinajstić information content (AvgIpc) is 3.15. The number of benzene rings is 3. The van der Waals surface area contributed by atoms with Crippen molar-refractivity contribution in [1.82, 2.24) is 4.90 Å². The Hall–Kier alpha value is -2.30. The molecule has 36 heavy (non-hydrogen) atoms. The molecule has 1 aliphatic rings. The Labute approximate surface area is 238 Å². The van der Waals surface area contributed by atoms with Gasteiger partial charge >= 0.3 is 0 Å². The molecule has 0 N–H and O–H groups in total. The maximum absolute atomic E-state index is 13.2. The molecule has 0 aromatic heterocycles. The van der Waals surface area contributed by atoms with Crippen LogP contribution in [0.5, 0.6) is 11.5 Å². The number of thioether (sulfide) groups is 1. The van der Waals surface area contributed by atoms with Crippen LogP contribution in [0.4, 0.5) is 5.69 Å². The van der Waals surface area contributed by atoms with Crippen molar-refractivity contribution >= 4 is 73.1 Å². The maximum Gasteiger partial charge on any atom is 0.266 e. The number of methoxy groups -OCH3 is 1. The molecule has 1 heterocycles. The second-order valence-corrected chi connectivity index (χ2v) is 11.3. The lowest BCUT2D eigenvalue weighted by Crippen LogP contribution is -2.28. The maximum atomic E-state index is 13.2. The molecule has 1 aliphatic heterocycles. The third-order valence-corrected chi connectivity index (χ3v) is 8.03. The highest BCUT2D eigenvalue weighted by Crippen LogP contribution is 2.39. The van der Waals surface area contributed by atoms with E-state index >= 15 is 0 Å². The number of aryl methyl sites for hydroxylation is 2. The van der Waals surface area contributed by atoms with Gasteiger partial charge in [-0.05, 0) is 108 Å². The van der Waals surface area contributed by atoms with Crippen molar-refractivity contribution in [1.29, 1.82) is 0 Å². The predicted molar refractivity (Wildman–Crippen MR) is 160 cm³/mol. The van der Waals surface area contributed by atoms with Crippen LogP contribution in [0.2, 0.25) is 0 Å². The second-order valence-electron chi connectivity index (χ2n) is 8.24. The standard InChI is InChI=1S/C28H26BrIN2O3S/c1-5-32-27(33)24(36-28(32)31-25-17(2)7-6-8-18(25)3)15-20-13-22(30)26(23(14-20)34-4)35-16-19-9-11-21(29)12-10-19/h6-15H,5,16H2,1-4H3/b24-15+,31-28?. The number of amidine groups is 1. The summed E-state index contributed by atoms with van der Waals surface area (Å²) < 4.78 is 13.7. The van der Waals surface area contributed by atoms with Crippen molar-refractivity contribution in [2.75, 3.05) is 13.7 Å². The van der Waals surface area contributed by atoms with Crippen LogP contribution in [-0.4, -0.2) is 29.6 Å². The van der Waals surface area contributed by atoms with E-state index in [1.165, 1.54) is 11.8 Å². The van der Waals surface area contributed by atoms with Gasteiger partial charge < -0.3 is 9.47 Å². The summed E-state index contributed by atoms with van der Waals surface area (Å²) in [7, 11) is 1.62. The summed E-state index contributed by atoms with van der Waals surface area (Å²) in [5, 5.41) is 0.697. The van der Waals surface area contributed by atoms with Crippen LogP contribution in [0.3, 0.4) is 0 Å². The van der Waals surface area contributed by atoms with Crippen LogP contribution in [0.1, 0.15) is 29.2 Å². The molecule has 1 saturated heterocycles. The zero-order valence-electron chi connectivity index (χ0n) is 20.5. The highest BCUT2D eigenvalue weighted by atomic mass is 127. The van der Waals surface area contributed by atoms with E-state index in [2.05, 4.69) is 38.5 Å². The molecule has 0 aliphatic carbocycles. The molecular formula is C28H26BrIN2O3S. The van der Waals surface area contributed by atoms with Gasteiger partial charge in [0.2, 0.25) is 0 Å². The van der Waals surface area contributed by atoms with Crippen molar-refractivity contribution < 1.29 is 14.3 Å².